The topological polar surface area (TPSA) is 53.2 Å². The van der Waals surface area contributed by atoms with Crippen LogP contribution in [-0.4, -0.2) is 11.9 Å². The van der Waals surface area contributed by atoms with Gasteiger partial charge < -0.3 is 16.0 Å². The summed E-state index contributed by atoms with van der Waals surface area (Å²) >= 11 is 0. The van der Waals surface area contributed by atoms with Crippen molar-refractivity contribution in [3.8, 4) is 0 Å². The van der Waals surface area contributed by atoms with Crippen LogP contribution in [0.1, 0.15) is 13.8 Å². The SMILES string of the molecule is CC(C)C(Nc1ccccc1Nc1ccccc1)C(=O)Nc1ccccc1. The fraction of sp³-hybridized carbons (Fsp3) is 0.174. The molecule has 0 aromatic heterocycles. The van der Waals surface area contributed by atoms with Crippen LogP contribution < -0.4 is 16.0 Å². The van der Waals surface area contributed by atoms with E-state index in [0.29, 0.717) is 0 Å². The van der Waals surface area contributed by atoms with Crippen molar-refractivity contribution in [2.24, 2.45) is 5.92 Å². The Kier molecular flexibility index (Phi) is 6.10. The highest BCUT2D eigenvalue weighted by atomic mass is 16.2. The fourth-order valence-electron chi connectivity index (χ4n) is 2.84. The van der Waals surface area contributed by atoms with Crippen LogP contribution in [-0.2, 0) is 4.79 Å². The number of hydrogen-bond acceptors (Lipinski definition) is 3. The van der Waals surface area contributed by atoms with Gasteiger partial charge in [0, 0.05) is 11.4 Å². The van der Waals surface area contributed by atoms with E-state index in [2.05, 4.69) is 16.0 Å². The van der Waals surface area contributed by atoms with Gasteiger partial charge in [-0.3, -0.25) is 4.79 Å². The number of carbonyl (C=O) groups is 1. The molecule has 0 saturated heterocycles. The lowest BCUT2D eigenvalue weighted by molar-refractivity contribution is -0.117. The lowest BCUT2D eigenvalue weighted by Gasteiger charge is -2.24. The molecule has 3 rings (SSSR count). The van der Waals surface area contributed by atoms with E-state index in [1.807, 2.05) is 98.8 Å². The summed E-state index contributed by atoms with van der Waals surface area (Å²) < 4.78 is 0. The summed E-state index contributed by atoms with van der Waals surface area (Å²) in [7, 11) is 0. The van der Waals surface area contributed by atoms with Gasteiger partial charge in [0.05, 0.1) is 11.4 Å². The summed E-state index contributed by atoms with van der Waals surface area (Å²) in [6, 6.07) is 27.1. The van der Waals surface area contributed by atoms with Crippen LogP contribution in [0.3, 0.4) is 0 Å². The molecule has 3 aromatic rings. The van der Waals surface area contributed by atoms with Crippen LogP contribution in [0.25, 0.3) is 0 Å². The molecule has 4 nitrogen and oxygen atoms in total. The maximum atomic E-state index is 12.8. The summed E-state index contributed by atoms with van der Waals surface area (Å²) in [6.45, 7) is 4.07. The molecule has 3 N–H and O–H groups in total. The molecule has 27 heavy (non-hydrogen) atoms. The molecule has 1 atom stereocenters. The molecule has 0 fully saturated rings. The van der Waals surface area contributed by atoms with E-state index in [1.54, 1.807) is 0 Å². The van der Waals surface area contributed by atoms with Crippen LogP contribution in [0.2, 0.25) is 0 Å². The molecule has 1 amide bonds. The van der Waals surface area contributed by atoms with Crippen molar-refractivity contribution in [2.45, 2.75) is 19.9 Å². The lowest BCUT2D eigenvalue weighted by atomic mass is 10.0. The molecule has 0 radical (unpaired) electrons. The summed E-state index contributed by atoms with van der Waals surface area (Å²) in [5, 5.41) is 9.81. The molecule has 3 aromatic carbocycles. The third-order valence-corrected chi connectivity index (χ3v) is 4.28. The average Bonchev–Trinajstić information content (AvgIpc) is 2.68. The minimum Gasteiger partial charge on any atom is -0.372 e. The number of anilines is 4. The third-order valence-electron chi connectivity index (χ3n) is 4.28. The van der Waals surface area contributed by atoms with Gasteiger partial charge in [0.2, 0.25) is 5.91 Å². The predicted octanol–water partition coefficient (Wildman–Crippen LogP) is 5.51. The smallest absolute Gasteiger partial charge is 0.247 e. The first-order chi connectivity index (χ1) is 13.1. The number of rotatable bonds is 7. The van der Waals surface area contributed by atoms with Crippen molar-refractivity contribution in [3.63, 3.8) is 0 Å². The van der Waals surface area contributed by atoms with Crippen molar-refractivity contribution in [3.05, 3.63) is 84.9 Å². The van der Waals surface area contributed by atoms with E-state index in [0.717, 1.165) is 22.7 Å². The zero-order valence-electron chi connectivity index (χ0n) is 15.6. The third kappa shape index (κ3) is 5.11. The van der Waals surface area contributed by atoms with Crippen LogP contribution >= 0.6 is 0 Å². The molecule has 138 valence electrons. The highest BCUT2D eigenvalue weighted by Crippen LogP contribution is 2.27. The highest BCUT2D eigenvalue weighted by molar-refractivity contribution is 5.97. The summed E-state index contributed by atoms with van der Waals surface area (Å²) in [6.07, 6.45) is 0. The number of carbonyl (C=O) groups excluding carboxylic acids is 1. The zero-order chi connectivity index (χ0) is 19.1. The van der Waals surface area contributed by atoms with Crippen molar-refractivity contribution in [1.82, 2.24) is 0 Å². The normalized spacial score (nSPS) is 11.7. The first-order valence-electron chi connectivity index (χ1n) is 9.17. The first-order valence-corrected chi connectivity index (χ1v) is 9.17. The summed E-state index contributed by atoms with van der Waals surface area (Å²) in [4.78, 5) is 12.8. The Balaban J connectivity index is 1.77. The molecule has 0 saturated carbocycles. The molecule has 0 heterocycles. The second-order valence-electron chi connectivity index (χ2n) is 6.76. The van der Waals surface area contributed by atoms with E-state index in [1.165, 1.54) is 0 Å². The Bertz CT molecular complexity index is 863. The largest absolute Gasteiger partial charge is 0.372 e. The minimum atomic E-state index is -0.357. The van der Waals surface area contributed by atoms with E-state index >= 15 is 0 Å². The number of hydrogen-bond donors (Lipinski definition) is 3. The van der Waals surface area contributed by atoms with Gasteiger partial charge in [-0.1, -0.05) is 62.4 Å². The highest BCUT2D eigenvalue weighted by Gasteiger charge is 2.23. The van der Waals surface area contributed by atoms with Gasteiger partial charge in [-0.2, -0.15) is 0 Å². The molecular weight excluding hydrogens is 334 g/mol. The number of para-hydroxylation sites is 4. The van der Waals surface area contributed by atoms with Gasteiger partial charge in [0.15, 0.2) is 0 Å². The minimum absolute atomic E-state index is 0.0503. The molecule has 0 aliphatic rings. The van der Waals surface area contributed by atoms with Crippen molar-refractivity contribution < 1.29 is 4.79 Å². The van der Waals surface area contributed by atoms with Gasteiger partial charge >= 0.3 is 0 Å². The standard InChI is InChI=1S/C23H25N3O/c1-17(2)22(23(27)25-19-13-7-4-8-14-19)26-21-16-10-9-15-20(21)24-18-11-5-3-6-12-18/h3-17,22,24,26H,1-2H3,(H,25,27). The second-order valence-corrected chi connectivity index (χ2v) is 6.76. The molecular formula is C23H25N3O. The summed E-state index contributed by atoms with van der Waals surface area (Å²) in [5.41, 5.74) is 3.62. The van der Waals surface area contributed by atoms with Gasteiger partial charge in [-0.05, 0) is 42.3 Å². The Morgan fingerprint density at radius 1 is 0.704 bits per heavy atom. The number of amides is 1. The second kappa shape index (κ2) is 8.90. The van der Waals surface area contributed by atoms with Gasteiger partial charge in [0.1, 0.15) is 6.04 Å². The number of nitrogens with one attached hydrogen (secondary N) is 3. The van der Waals surface area contributed by atoms with E-state index in [-0.39, 0.29) is 17.9 Å². The fourth-order valence-corrected chi connectivity index (χ4v) is 2.84. The van der Waals surface area contributed by atoms with Crippen molar-refractivity contribution in [2.75, 3.05) is 16.0 Å². The Labute approximate surface area is 160 Å². The monoisotopic (exact) mass is 359 g/mol. The van der Waals surface area contributed by atoms with Gasteiger partial charge in [0.25, 0.3) is 0 Å². The quantitative estimate of drug-likeness (QED) is 0.522. The van der Waals surface area contributed by atoms with Crippen molar-refractivity contribution in [1.29, 1.82) is 0 Å². The lowest BCUT2D eigenvalue weighted by Crippen LogP contribution is -2.39. The molecule has 1 unspecified atom stereocenters. The van der Waals surface area contributed by atoms with Crippen LogP contribution in [0, 0.1) is 5.92 Å². The van der Waals surface area contributed by atoms with Crippen molar-refractivity contribution >= 4 is 28.7 Å². The molecule has 0 aliphatic heterocycles. The van der Waals surface area contributed by atoms with Crippen LogP contribution in [0.5, 0.6) is 0 Å². The van der Waals surface area contributed by atoms with E-state index < -0.39 is 0 Å². The zero-order valence-corrected chi connectivity index (χ0v) is 15.6. The molecule has 0 bridgehead atoms. The summed E-state index contributed by atoms with van der Waals surface area (Å²) in [5.74, 6) is 0.0733. The van der Waals surface area contributed by atoms with Crippen LogP contribution in [0.4, 0.5) is 22.7 Å². The predicted molar refractivity (Wildman–Crippen MR) is 113 cm³/mol. The molecule has 4 heteroatoms. The Morgan fingerprint density at radius 2 is 1.22 bits per heavy atom. The maximum absolute atomic E-state index is 12.8. The average molecular weight is 359 g/mol. The molecule has 0 spiro atoms. The molecule has 0 aliphatic carbocycles. The van der Waals surface area contributed by atoms with Crippen LogP contribution in [0.15, 0.2) is 84.9 Å². The maximum Gasteiger partial charge on any atom is 0.247 e. The van der Waals surface area contributed by atoms with Gasteiger partial charge in [-0.15, -0.1) is 0 Å². The van der Waals surface area contributed by atoms with E-state index in [4.69, 9.17) is 0 Å². The Hall–Kier alpha value is -3.27. The van der Waals surface area contributed by atoms with E-state index in [9.17, 15) is 4.79 Å². The van der Waals surface area contributed by atoms with Gasteiger partial charge in [-0.25, -0.2) is 0 Å². The Morgan fingerprint density at radius 3 is 1.81 bits per heavy atom. The number of benzene rings is 3. The first kappa shape index (κ1) is 18.5.